The molecule has 0 bridgehead atoms. The Morgan fingerprint density at radius 1 is 1.35 bits per heavy atom. The van der Waals surface area contributed by atoms with E-state index in [4.69, 9.17) is 16.3 Å². The number of guanidine groups is 1. The van der Waals surface area contributed by atoms with Gasteiger partial charge in [-0.15, -0.1) is 24.0 Å². The van der Waals surface area contributed by atoms with Crippen molar-refractivity contribution in [3.05, 3.63) is 34.9 Å². The Labute approximate surface area is 183 Å². The Morgan fingerprint density at radius 2 is 2.12 bits per heavy atom. The summed E-state index contributed by atoms with van der Waals surface area (Å²) in [5.41, 5.74) is 1.21. The normalized spacial score (nSPS) is 23.0. The van der Waals surface area contributed by atoms with Gasteiger partial charge in [-0.3, -0.25) is 4.99 Å². The highest BCUT2D eigenvalue weighted by molar-refractivity contribution is 14.0. The lowest BCUT2D eigenvalue weighted by molar-refractivity contribution is 0.0514. The van der Waals surface area contributed by atoms with Gasteiger partial charge in [-0.25, -0.2) is 0 Å². The van der Waals surface area contributed by atoms with Crippen LogP contribution in [0.2, 0.25) is 5.02 Å². The molecule has 146 valence electrons. The molecule has 0 radical (unpaired) electrons. The first kappa shape index (κ1) is 22.1. The number of nitrogens with one attached hydrogen (secondary N) is 2. The first-order valence-corrected chi connectivity index (χ1v) is 10.6. The van der Waals surface area contributed by atoms with Crippen LogP contribution in [0.15, 0.2) is 29.3 Å². The minimum absolute atomic E-state index is 0. The molecule has 1 aromatic carbocycles. The maximum absolute atomic E-state index is 6.53. The van der Waals surface area contributed by atoms with Crippen molar-refractivity contribution in [1.82, 2.24) is 10.6 Å². The summed E-state index contributed by atoms with van der Waals surface area (Å²) in [4.78, 5) is 4.43. The predicted octanol–water partition coefficient (Wildman–Crippen LogP) is 4.07. The predicted molar refractivity (Wildman–Crippen MR) is 123 cm³/mol. The van der Waals surface area contributed by atoms with Gasteiger partial charge in [0.05, 0.1) is 0 Å². The summed E-state index contributed by atoms with van der Waals surface area (Å²) >= 11 is 8.56. The van der Waals surface area contributed by atoms with Crippen LogP contribution in [-0.4, -0.2) is 50.3 Å². The molecule has 0 aromatic heterocycles. The molecular weight excluding hydrogens is 481 g/mol. The number of thioether (sulfide) groups is 1. The summed E-state index contributed by atoms with van der Waals surface area (Å²) in [5, 5.41) is 8.00. The Hall–Kier alpha value is -0.180. The highest BCUT2D eigenvalue weighted by atomic mass is 127. The summed E-state index contributed by atoms with van der Waals surface area (Å²) < 4.78 is 5.62. The first-order chi connectivity index (χ1) is 12.2. The highest BCUT2D eigenvalue weighted by Crippen LogP contribution is 2.38. The second kappa shape index (κ2) is 11.0. The number of hydrogen-bond acceptors (Lipinski definition) is 3. The molecule has 1 aromatic rings. The fourth-order valence-corrected chi connectivity index (χ4v) is 5.10. The molecule has 2 saturated heterocycles. The molecular formula is C19H29ClIN3OS. The summed E-state index contributed by atoms with van der Waals surface area (Å²) in [7, 11) is 1.84. The van der Waals surface area contributed by atoms with E-state index in [2.05, 4.69) is 27.8 Å². The number of halogens is 2. The molecule has 2 aliphatic heterocycles. The standard InChI is InChI=1S/C19H28ClN3OS.HI/c1-21-18(23-15-5-4-12-25-13-15)22-14-19(8-10-24-11-9-19)16-6-2-3-7-17(16)20;/h2-3,6-7,15H,4-5,8-14H2,1H3,(H2,21,22,23);1H. The Bertz CT molecular complexity index is 590. The van der Waals surface area contributed by atoms with Crippen LogP contribution in [0.5, 0.6) is 0 Å². The fourth-order valence-electron chi connectivity index (χ4n) is 3.69. The smallest absolute Gasteiger partial charge is 0.191 e. The first-order valence-electron chi connectivity index (χ1n) is 9.11. The molecule has 2 fully saturated rings. The second-order valence-corrected chi connectivity index (χ2v) is 8.41. The van der Waals surface area contributed by atoms with Crippen LogP contribution < -0.4 is 10.6 Å². The van der Waals surface area contributed by atoms with E-state index in [1.165, 1.54) is 24.2 Å². The summed E-state index contributed by atoms with van der Waals surface area (Å²) in [6.07, 6.45) is 4.44. The zero-order valence-electron chi connectivity index (χ0n) is 15.3. The second-order valence-electron chi connectivity index (χ2n) is 6.86. The van der Waals surface area contributed by atoms with E-state index in [0.717, 1.165) is 49.3 Å². The quantitative estimate of drug-likeness (QED) is 0.365. The number of rotatable bonds is 4. The average molecular weight is 510 g/mol. The van der Waals surface area contributed by atoms with Gasteiger partial charge in [-0.2, -0.15) is 11.8 Å². The molecule has 2 heterocycles. The van der Waals surface area contributed by atoms with Gasteiger partial charge in [-0.05, 0) is 43.1 Å². The van der Waals surface area contributed by atoms with E-state index in [9.17, 15) is 0 Å². The van der Waals surface area contributed by atoms with Crippen LogP contribution in [-0.2, 0) is 10.2 Å². The molecule has 0 saturated carbocycles. The fraction of sp³-hybridized carbons (Fsp3) is 0.632. The van der Waals surface area contributed by atoms with Crippen LogP contribution in [0.3, 0.4) is 0 Å². The molecule has 0 amide bonds. The van der Waals surface area contributed by atoms with Gasteiger partial charge in [0.25, 0.3) is 0 Å². The van der Waals surface area contributed by atoms with Crippen molar-refractivity contribution in [2.45, 2.75) is 37.1 Å². The average Bonchev–Trinajstić information content (AvgIpc) is 2.67. The van der Waals surface area contributed by atoms with Gasteiger partial charge in [0, 0.05) is 49.0 Å². The van der Waals surface area contributed by atoms with Gasteiger partial charge in [0.15, 0.2) is 5.96 Å². The van der Waals surface area contributed by atoms with Gasteiger partial charge in [0.2, 0.25) is 0 Å². The Kier molecular flexibility index (Phi) is 9.33. The van der Waals surface area contributed by atoms with Crippen molar-refractivity contribution in [1.29, 1.82) is 0 Å². The van der Waals surface area contributed by atoms with Crippen molar-refractivity contribution in [3.8, 4) is 0 Å². The molecule has 0 spiro atoms. The van der Waals surface area contributed by atoms with Crippen molar-refractivity contribution in [2.24, 2.45) is 4.99 Å². The summed E-state index contributed by atoms with van der Waals surface area (Å²) in [6.45, 7) is 2.37. The molecule has 1 unspecified atom stereocenters. The van der Waals surface area contributed by atoms with Gasteiger partial charge in [0.1, 0.15) is 0 Å². The van der Waals surface area contributed by atoms with Crippen LogP contribution in [0.25, 0.3) is 0 Å². The third-order valence-electron chi connectivity index (χ3n) is 5.21. The topological polar surface area (TPSA) is 45.7 Å². The Balaban J connectivity index is 0.00000243. The molecule has 26 heavy (non-hydrogen) atoms. The molecule has 3 rings (SSSR count). The van der Waals surface area contributed by atoms with Crippen LogP contribution in [0.4, 0.5) is 0 Å². The lowest BCUT2D eigenvalue weighted by atomic mass is 9.74. The molecule has 1 atom stereocenters. The number of aliphatic imine (C=N–C) groups is 1. The van der Waals surface area contributed by atoms with Crippen molar-refractivity contribution in [3.63, 3.8) is 0 Å². The van der Waals surface area contributed by atoms with E-state index >= 15 is 0 Å². The van der Waals surface area contributed by atoms with Crippen LogP contribution in [0.1, 0.15) is 31.2 Å². The van der Waals surface area contributed by atoms with Crippen molar-refractivity contribution >= 4 is 53.3 Å². The largest absolute Gasteiger partial charge is 0.381 e. The lowest BCUT2D eigenvalue weighted by Crippen LogP contribution is -2.51. The Morgan fingerprint density at radius 3 is 2.77 bits per heavy atom. The minimum atomic E-state index is -0.00444. The number of nitrogens with zero attached hydrogens (tertiary/aromatic N) is 1. The maximum Gasteiger partial charge on any atom is 0.191 e. The molecule has 7 heteroatoms. The molecule has 2 N–H and O–H groups in total. The van der Waals surface area contributed by atoms with Gasteiger partial charge in [-0.1, -0.05) is 29.8 Å². The molecule has 4 nitrogen and oxygen atoms in total. The molecule has 0 aliphatic carbocycles. The molecule has 2 aliphatic rings. The SMILES string of the molecule is CN=C(NCC1(c2ccccc2Cl)CCOCC1)NC1CCCSC1.I. The summed E-state index contributed by atoms with van der Waals surface area (Å²) in [6, 6.07) is 8.72. The highest BCUT2D eigenvalue weighted by Gasteiger charge is 2.36. The third kappa shape index (κ3) is 5.66. The zero-order chi connectivity index (χ0) is 17.5. The van der Waals surface area contributed by atoms with Crippen LogP contribution >= 0.6 is 47.3 Å². The van der Waals surface area contributed by atoms with E-state index < -0.39 is 0 Å². The zero-order valence-corrected chi connectivity index (χ0v) is 19.2. The number of hydrogen-bond donors (Lipinski definition) is 2. The summed E-state index contributed by atoms with van der Waals surface area (Å²) in [5.74, 6) is 3.33. The van der Waals surface area contributed by atoms with Crippen LogP contribution in [0, 0.1) is 0 Å². The third-order valence-corrected chi connectivity index (χ3v) is 6.76. The maximum atomic E-state index is 6.53. The monoisotopic (exact) mass is 509 g/mol. The van der Waals surface area contributed by atoms with Crippen molar-refractivity contribution in [2.75, 3.05) is 38.3 Å². The number of ether oxygens (including phenoxy) is 1. The van der Waals surface area contributed by atoms with E-state index in [-0.39, 0.29) is 29.4 Å². The number of benzene rings is 1. The van der Waals surface area contributed by atoms with E-state index in [1.54, 1.807) is 0 Å². The lowest BCUT2D eigenvalue weighted by Gasteiger charge is -2.39. The minimum Gasteiger partial charge on any atom is -0.381 e. The van der Waals surface area contributed by atoms with Gasteiger partial charge >= 0.3 is 0 Å². The van der Waals surface area contributed by atoms with E-state index in [1.807, 2.05) is 30.9 Å². The van der Waals surface area contributed by atoms with Gasteiger partial charge < -0.3 is 15.4 Å². The van der Waals surface area contributed by atoms with E-state index in [0.29, 0.717) is 6.04 Å². The van der Waals surface area contributed by atoms with Crippen molar-refractivity contribution < 1.29 is 4.74 Å².